The number of nitrogens with zero attached hydrogens (tertiary/aromatic N) is 1. The van der Waals surface area contributed by atoms with E-state index < -0.39 is 5.97 Å². The van der Waals surface area contributed by atoms with E-state index in [1.54, 1.807) is 18.3 Å². The summed E-state index contributed by atoms with van der Waals surface area (Å²) in [4.78, 5) is 10.5. The molecule has 0 amide bonds. The van der Waals surface area contributed by atoms with Gasteiger partial charge < -0.3 is 5.11 Å². The van der Waals surface area contributed by atoms with E-state index in [9.17, 15) is 4.79 Å². The van der Waals surface area contributed by atoms with Gasteiger partial charge in [0.25, 0.3) is 0 Å². The zero-order valence-corrected chi connectivity index (χ0v) is 7.90. The second-order valence-corrected chi connectivity index (χ2v) is 2.71. The molecule has 4 nitrogen and oxygen atoms in total. The quantitative estimate of drug-likeness (QED) is 0.567. The molecule has 0 bridgehead atoms. The maximum Gasteiger partial charge on any atom is 0.335 e. The van der Waals surface area contributed by atoms with Crippen LogP contribution in [0.5, 0.6) is 0 Å². The van der Waals surface area contributed by atoms with E-state index in [1.807, 2.05) is 6.92 Å². The lowest BCUT2D eigenvalue weighted by molar-refractivity contribution is 0.0697. The van der Waals surface area contributed by atoms with Crippen molar-refractivity contribution >= 4 is 17.9 Å². The predicted molar refractivity (Wildman–Crippen MR) is 55.8 cm³/mol. The largest absolute Gasteiger partial charge is 0.478 e. The summed E-state index contributed by atoms with van der Waals surface area (Å²) in [6, 6.07) is 6.42. The molecule has 1 rings (SSSR count). The van der Waals surface area contributed by atoms with E-state index in [-0.39, 0.29) is 5.56 Å². The molecule has 0 atom stereocenters. The van der Waals surface area contributed by atoms with E-state index in [0.29, 0.717) is 0 Å². The molecule has 0 aliphatic rings. The number of aromatic carboxylic acids is 1. The third kappa shape index (κ3) is 2.90. The van der Waals surface area contributed by atoms with Gasteiger partial charge in [-0.25, -0.2) is 4.79 Å². The van der Waals surface area contributed by atoms with Crippen LogP contribution in [0, 0.1) is 0 Å². The molecule has 0 heterocycles. The Labute approximate surface area is 82.3 Å². The van der Waals surface area contributed by atoms with Gasteiger partial charge in [0, 0.05) is 6.21 Å². The van der Waals surface area contributed by atoms with Crippen LogP contribution in [0.4, 0.5) is 5.69 Å². The molecular formula is C10H12N2O2. The van der Waals surface area contributed by atoms with Crippen molar-refractivity contribution in [3.8, 4) is 0 Å². The van der Waals surface area contributed by atoms with Gasteiger partial charge in [0.1, 0.15) is 0 Å². The van der Waals surface area contributed by atoms with Crippen molar-refractivity contribution in [3.63, 3.8) is 0 Å². The van der Waals surface area contributed by atoms with E-state index in [4.69, 9.17) is 5.11 Å². The highest BCUT2D eigenvalue weighted by Gasteiger charge is 2.00. The van der Waals surface area contributed by atoms with Crippen LogP contribution in [0.15, 0.2) is 29.4 Å². The number of anilines is 1. The van der Waals surface area contributed by atoms with Gasteiger partial charge in [-0.05, 0) is 30.7 Å². The third-order valence-electron chi connectivity index (χ3n) is 1.60. The van der Waals surface area contributed by atoms with Crippen molar-refractivity contribution in [2.45, 2.75) is 13.3 Å². The molecule has 1 aromatic rings. The average molecular weight is 192 g/mol. The number of benzene rings is 1. The van der Waals surface area contributed by atoms with Crippen molar-refractivity contribution in [2.75, 3.05) is 5.43 Å². The van der Waals surface area contributed by atoms with Crippen LogP contribution in [-0.4, -0.2) is 17.3 Å². The molecule has 0 saturated carbocycles. The lowest BCUT2D eigenvalue weighted by Gasteiger charge is -1.99. The van der Waals surface area contributed by atoms with Crippen LogP contribution in [-0.2, 0) is 0 Å². The van der Waals surface area contributed by atoms with Crippen LogP contribution in [0.1, 0.15) is 23.7 Å². The lowest BCUT2D eigenvalue weighted by atomic mass is 10.2. The predicted octanol–water partition coefficient (Wildman–Crippen LogP) is 2.19. The summed E-state index contributed by atoms with van der Waals surface area (Å²) in [6.45, 7) is 1.98. The van der Waals surface area contributed by atoms with Gasteiger partial charge in [-0.1, -0.05) is 6.92 Å². The summed E-state index contributed by atoms with van der Waals surface area (Å²) >= 11 is 0. The Bertz CT molecular complexity index is 330. The zero-order chi connectivity index (χ0) is 10.4. The van der Waals surface area contributed by atoms with E-state index in [0.717, 1.165) is 12.1 Å². The Balaban J connectivity index is 2.64. The second-order valence-electron chi connectivity index (χ2n) is 2.71. The highest BCUT2D eigenvalue weighted by Crippen LogP contribution is 2.08. The van der Waals surface area contributed by atoms with Crippen LogP contribution in [0.2, 0.25) is 0 Å². The summed E-state index contributed by atoms with van der Waals surface area (Å²) in [5.74, 6) is -0.923. The number of carbonyl (C=O) groups is 1. The molecule has 0 aromatic heterocycles. The molecule has 0 spiro atoms. The number of carboxylic acid groups (broad SMARTS) is 1. The topological polar surface area (TPSA) is 61.7 Å². The van der Waals surface area contributed by atoms with E-state index in [2.05, 4.69) is 10.5 Å². The highest BCUT2D eigenvalue weighted by molar-refractivity contribution is 5.88. The molecule has 0 fully saturated rings. The Morgan fingerprint density at radius 1 is 1.50 bits per heavy atom. The Morgan fingerprint density at radius 3 is 2.64 bits per heavy atom. The van der Waals surface area contributed by atoms with Crippen LogP contribution < -0.4 is 5.43 Å². The van der Waals surface area contributed by atoms with Crippen LogP contribution >= 0.6 is 0 Å². The molecule has 0 aliphatic carbocycles. The minimum atomic E-state index is -0.923. The lowest BCUT2D eigenvalue weighted by Crippen LogP contribution is -1.96. The Kier molecular flexibility index (Phi) is 3.67. The maximum absolute atomic E-state index is 10.5. The van der Waals surface area contributed by atoms with Gasteiger partial charge in [0.15, 0.2) is 0 Å². The number of carboxylic acids is 1. The van der Waals surface area contributed by atoms with E-state index >= 15 is 0 Å². The second kappa shape index (κ2) is 5.01. The minimum Gasteiger partial charge on any atom is -0.478 e. The number of hydrogen-bond donors (Lipinski definition) is 2. The van der Waals surface area contributed by atoms with Gasteiger partial charge in [-0.3, -0.25) is 5.43 Å². The van der Waals surface area contributed by atoms with Crippen molar-refractivity contribution in [2.24, 2.45) is 5.10 Å². The standard InChI is InChI=1S/C10H12N2O2/c1-2-7-11-12-9-5-3-8(4-6-9)10(13)14/h3-7,12H,2H2,1H3,(H,13,14)/b11-7+. The molecule has 14 heavy (non-hydrogen) atoms. The Morgan fingerprint density at radius 2 is 2.14 bits per heavy atom. The number of hydrogen-bond acceptors (Lipinski definition) is 3. The molecule has 0 radical (unpaired) electrons. The number of rotatable bonds is 4. The molecule has 4 heteroatoms. The van der Waals surface area contributed by atoms with Gasteiger partial charge in [0.05, 0.1) is 11.3 Å². The summed E-state index contributed by atoms with van der Waals surface area (Å²) < 4.78 is 0. The fraction of sp³-hybridized carbons (Fsp3) is 0.200. The summed E-state index contributed by atoms with van der Waals surface area (Å²) in [7, 11) is 0. The summed E-state index contributed by atoms with van der Waals surface area (Å²) in [6.07, 6.45) is 2.60. The van der Waals surface area contributed by atoms with E-state index in [1.165, 1.54) is 12.1 Å². The number of nitrogens with one attached hydrogen (secondary N) is 1. The summed E-state index contributed by atoms with van der Waals surface area (Å²) in [5, 5.41) is 12.6. The van der Waals surface area contributed by atoms with Crippen LogP contribution in [0.25, 0.3) is 0 Å². The fourth-order valence-corrected chi connectivity index (χ4v) is 0.899. The van der Waals surface area contributed by atoms with Crippen molar-refractivity contribution in [3.05, 3.63) is 29.8 Å². The molecule has 0 aliphatic heterocycles. The maximum atomic E-state index is 10.5. The monoisotopic (exact) mass is 192 g/mol. The molecule has 2 N–H and O–H groups in total. The Hall–Kier alpha value is -1.84. The van der Waals surface area contributed by atoms with Gasteiger partial charge in [0.2, 0.25) is 0 Å². The molecule has 0 saturated heterocycles. The van der Waals surface area contributed by atoms with Crippen LogP contribution in [0.3, 0.4) is 0 Å². The fourth-order valence-electron chi connectivity index (χ4n) is 0.899. The van der Waals surface area contributed by atoms with Crippen molar-refractivity contribution in [1.82, 2.24) is 0 Å². The molecule has 0 unspecified atom stereocenters. The molecular weight excluding hydrogens is 180 g/mol. The highest BCUT2D eigenvalue weighted by atomic mass is 16.4. The minimum absolute atomic E-state index is 0.273. The normalized spacial score (nSPS) is 10.4. The molecule has 74 valence electrons. The SMILES string of the molecule is CC/C=N/Nc1ccc(C(=O)O)cc1. The average Bonchev–Trinajstić information content (AvgIpc) is 2.19. The van der Waals surface area contributed by atoms with Crippen molar-refractivity contribution in [1.29, 1.82) is 0 Å². The first kappa shape index (κ1) is 10.2. The smallest absolute Gasteiger partial charge is 0.335 e. The first-order valence-corrected chi connectivity index (χ1v) is 4.35. The third-order valence-corrected chi connectivity index (χ3v) is 1.60. The van der Waals surface area contributed by atoms with Gasteiger partial charge >= 0.3 is 5.97 Å². The van der Waals surface area contributed by atoms with Gasteiger partial charge in [-0.15, -0.1) is 0 Å². The molecule has 1 aromatic carbocycles. The first-order valence-electron chi connectivity index (χ1n) is 4.35. The van der Waals surface area contributed by atoms with Crippen molar-refractivity contribution < 1.29 is 9.90 Å². The summed E-state index contributed by atoms with van der Waals surface area (Å²) in [5.41, 5.74) is 3.84. The number of hydrazone groups is 1. The first-order chi connectivity index (χ1) is 6.74. The van der Waals surface area contributed by atoms with Gasteiger partial charge in [-0.2, -0.15) is 5.10 Å². The zero-order valence-electron chi connectivity index (χ0n) is 7.90.